The zero-order valence-corrected chi connectivity index (χ0v) is 59.1. The Labute approximate surface area is 605 Å². The number of nitrogens with one attached hydrogen (secondary N) is 8. The largest absolute Gasteiger partial charge is 0.351 e. The predicted octanol–water partition coefficient (Wildman–Crippen LogP) is 11.4. The molecular formula is C82H98F2N16O4. The van der Waals surface area contributed by atoms with E-state index in [1.54, 1.807) is 24.3 Å². The van der Waals surface area contributed by atoms with Gasteiger partial charge in [0, 0.05) is 94.0 Å². The van der Waals surface area contributed by atoms with Crippen LogP contribution in [0.1, 0.15) is 104 Å². The third kappa shape index (κ3) is 22.2. The molecule has 0 fully saturated rings. The second-order valence-electron chi connectivity index (χ2n) is 26.2. The summed E-state index contributed by atoms with van der Waals surface area (Å²) in [5, 5.41) is 15.3. The normalized spacial score (nSPS) is 12.3. The fourth-order valence-electron chi connectivity index (χ4n) is 11.9. The molecule has 0 saturated carbocycles. The number of hydrogen-bond donors (Lipinski definition) is 16. The molecule has 104 heavy (non-hydrogen) atoms. The van der Waals surface area contributed by atoms with E-state index < -0.39 is 0 Å². The summed E-state index contributed by atoms with van der Waals surface area (Å²) in [5.41, 5.74) is 62.0. The minimum absolute atomic E-state index is 0.0694. The Balaban J connectivity index is 0.000000161. The molecule has 4 amide bonds. The molecule has 4 aromatic heterocycles. The van der Waals surface area contributed by atoms with Crippen LogP contribution in [0.3, 0.4) is 0 Å². The number of nitrogens with two attached hydrogens (primary N) is 8. The molecule has 12 aromatic rings. The van der Waals surface area contributed by atoms with Crippen molar-refractivity contribution in [2.24, 2.45) is 45.9 Å². The van der Waals surface area contributed by atoms with Gasteiger partial charge in [-0.2, -0.15) is 0 Å². The molecule has 20 nitrogen and oxygen atoms in total. The van der Waals surface area contributed by atoms with Gasteiger partial charge < -0.3 is 87.1 Å². The minimum Gasteiger partial charge on any atom is -0.351 e. The van der Waals surface area contributed by atoms with Crippen molar-refractivity contribution in [2.45, 2.75) is 89.4 Å². The summed E-state index contributed by atoms with van der Waals surface area (Å²) in [6.07, 6.45) is 6.71. The lowest BCUT2D eigenvalue weighted by Crippen LogP contribution is -2.38. The van der Waals surface area contributed by atoms with Gasteiger partial charge in [0.2, 0.25) is 0 Å². The number of aromatic nitrogens is 4. The lowest BCUT2D eigenvalue weighted by atomic mass is 10.0. The molecule has 0 bridgehead atoms. The number of unbranched alkanes of at least 4 members (excludes halogenated alkanes) is 1. The number of rotatable bonds is 28. The number of amides is 4. The summed E-state index contributed by atoms with van der Waals surface area (Å²) < 4.78 is 26.4. The van der Waals surface area contributed by atoms with Crippen molar-refractivity contribution < 1.29 is 28.0 Å². The molecule has 8 aromatic carbocycles. The number of benzene rings is 8. The molecule has 0 aliphatic rings. The Kier molecular flexibility index (Phi) is 28.7. The quantitative estimate of drug-likeness (QED) is 0.0204. The smallest absolute Gasteiger partial charge is 0.267 e. The number of para-hydroxylation sites is 1. The van der Waals surface area contributed by atoms with Gasteiger partial charge in [-0.3, -0.25) is 19.2 Å². The van der Waals surface area contributed by atoms with Gasteiger partial charge in [0.15, 0.2) is 0 Å². The minimum atomic E-state index is -0.278. The molecule has 0 aliphatic heterocycles. The third-order valence-electron chi connectivity index (χ3n) is 17.8. The van der Waals surface area contributed by atoms with Crippen molar-refractivity contribution in [3.8, 4) is 44.5 Å². The number of hydrogen-bond acceptors (Lipinski definition) is 12. The zero-order valence-electron chi connectivity index (χ0n) is 59.1. The summed E-state index contributed by atoms with van der Waals surface area (Å²) in [5.74, 6) is -1.23. The second kappa shape index (κ2) is 38.6. The van der Waals surface area contributed by atoms with Crippen LogP contribution < -0.4 is 67.1 Å². The van der Waals surface area contributed by atoms with Gasteiger partial charge in [-0.25, -0.2) is 8.78 Å². The highest BCUT2D eigenvalue weighted by molar-refractivity contribution is 6.04. The van der Waals surface area contributed by atoms with E-state index in [0.29, 0.717) is 81.6 Å². The van der Waals surface area contributed by atoms with Gasteiger partial charge in [0.05, 0.1) is 5.52 Å². The van der Waals surface area contributed by atoms with Crippen LogP contribution in [0.4, 0.5) is 8.78 Å². The Morgan fingerprint density at radius 2 is 0.712 bits per heavy atom. The van der Waals surface area contributed by atoms with E-state index in [9.17, 15) is 28.0 Å². The van der Waals surface area contributed by atoms with Crippen LogP contribution >= 0.6 is 0 Å². The molecule has 4 heterocycles. The van der Waals surface area contributed by atoms with E-state index in [1.807, 2.05) is 72.8 Å². The average molecular weight is 1410 g/mol. The first-order valence-electron chi connectivity index (χ1n) is 35.4. The SMILES string of the molecule is Cc1ccc(-c2ccc3cc(C(=O)NC[C@@H](N)CCN)[nH]c3c2)cc1.Cc1ccc(-c2ccc3cc(C(=O)NC[C@H](N)CCCN)[nH]c3c2)cc1.NCCCC[C@H](N)CNC(=O)c1cc2cccc(-c3ccc(F)cc3)c2[nH]1.NCCC[C@H](N)CNC(=O)c1cc2c(-c3ccc(F)cc3)cccc2[nH]1. The van der Waals surface area contributed by atoms with E-state index in [4.69, 9.17) is 45.9 Å². The van der Waals surface area contributed by atoms with Gasteiger partial charge in [-0.1, -0.05) is 145 Å². The van der Waals surface area contributed by atoms with E-state index >= 15 is 0 Å². The summed E-state index contributed by atoms with van der Waals surface area (Å²) in [4.78, 5) is 62.3. The molecule has 0 saturated heterocycles. The maximum atomic E-state index is 13.2. The maximum absolute atomic E-state index is 13.2. The van der Waals surface area contributed by atoms with Crippen LogP contribution in [0, 0.1) is 25.5 Å². The first-order chi connectivity index (χ1) is 50.3. The van der Waals surface area contributed by atoms with E-state index in [-0.39, 0.29) is 59.4 Å². The van der Waals surface area contributed by atoms with Crippen LogP contribution in [0.2, 0.25) is 0 Å². The third-order valence-corrected chi connectivity index (χ3v) is 17.8. The Hall–Kier alpha value is -10.7. The van der Waals surface area contributed by atoms with Crippen LogP contribution in [0.25, 0.3) is 88.1 Å². The fourth-order valence-corrected chi connectivity index (χ4v) is 11.9. The fraction of sp³-hybridized carbons (Fsp3) is 0.268. The number of aryl methyl sites for hydroxylation is 2. The lowest BCUT2D eigenvalue weighted by Gasteiger charge is -2.11. The molecule has 544 valence electrons. The molecule has 0 unspecified atom stereocenters. The molecule has 24 N–H and O–H groups in total. The predicted molar refractivity (Wildman–Crippen MR) is 419 cm³/mol. The summed E-state index contributed by atoms with van der Waals surface area (Å²) in [7, 11) is 0. The van der Waals surface area contributed by atoms with Crippen LogP contribution in [-0.4, -0.2) is 120 Å². The number of carbonyl (C=O) groups is 4. The maximum Gasteiger partial charge on any atom is 0.267 e. The van der Waals surface area contributed by atoms with Crippen LogP contribution in [0.15, 0.2) is 194 Å². The molecule has 0 radical (unpaired) electrons. The Morgan fingerprint density at radius 3 is 1.16 bits per heavy atom. The van der Waals surface area contributed by atoms with E-state index in [0.717, 1.165) is 133 Å². The summed E-state index contributed by atoms with van der Waals surface area (Å²) in [6.45, 7) is 8.22. The highest BCUT2D eigenvalue weighted by atomic mass is 19.1. The van der Waals surface area contributed by atoms with Gasteiger partial charge in [-0.05, 0) is 191 Å². The number of fused-ring (bicyclic) bond motifs is 4. The first kappa shape index (κ1) is 77.5. The monoisotopic (exact) mass is 1410 g/mol. The zero-order chi connectivity index (χ0) is 74.1. The Morgan fingerprint density at radius 1 is 0.346 bits per heavy atom. The van der Waals surface area contributed by atoms with Crippen molar-refractivity contribution in [1.82, 2.24) is 41.2 Å². The van der Waals surface area contributed by atoms with Gasteiger partial charge >= 0.3 is 0 Å². The van der Waals surface area contributed by atoms with Crippen LogP contribution in [-0.2, 0) is 0 Å². The second-order valence-corrected chi connectivity index (χ2v) is 26.2. The summed E-state index contributed by atoms with van der Waals surface area (Å²) >= 11 is 0. The van der Waals surface area contributed by atoms with Gasteiger partial charge in [0.1, 0.15) is 34.4 Å². The number of H-pyrrole nitrogens is 4. The van der Waals surface area contributed by atoms with E-state index in [1.165, 1.54) is 35.4 Å². The standard InChI is InChI=1S/C21H25FN4O.C21H26N4O.C20H23FN4O.C20H24N4O/c22-16-9-7-14(8-10-16)18-6-3-4-15-12-19(26-20(15)18)21(27)25-13-17(24)5-1-2-11-23;1-14-4-6-15(7-5-14)16-8-9-17-12-20(25-19(17)11-16)21(26)24-13-18(23)3-2-10-22;21-14-8-6-13(7-9-14)16-4-1-5-18-17(16)11-19(25-18)20(26)24-12-15(23)3-2-10-22;1-13-2-4-14(5-3-13)15-6-7-16-11-19(24-18(16)10-15)20(25)23-12-17(22)8-9-21/h3-4,6-10,12,17,26H,1-2,5,11,13,23-24H2,(H,25,27);4-9,11-12,18,25H,2-3,10,13,22-23H2,1H3,(H,24,26);1,4-9,11,15,25H,2-3,10,12,22-23H2,(H,24,26);2-7,10-11,17,24H,8-9,12,21-22H2,1H3,(H,23,25)/t17-;18-;15-;17-/m0100/s1. The molecular weight excluding hydrogens is 1310 g/mol. The topological polar surface area (TPSA) is 388 Å². The van der Waals surface area contributed by atoms with E-state index in [2.05, 4.69) is 128 Å². The van der Waals surface area contributed by atoms with Gasteiger partial charge in [0.25, 0.3) is 23.6 Å². The average Bonchev–Trinajstić information content (AvgIpc) is 1.63. The molecule has 22 heteroatoms. The van der Waals surface area contributed by atoms with Gasteiger partial charge in [-0.15, -0.1) is 0 Å². The molecule has 0 aliphatic carbocycles. The van der Waals surface area contributed by atoms with Crippen molar-refractivity contribution in [2.75, 3.05) is 52.4 Å². The van der Waals surface area contributed by atoms with Crippen molar-refractivity contribution >= 4 is 67.2 Å². The molecule has 0 spiro atoms. The lowest BCUT2D eigenvalue weighted by molar-refractivity contribution is 0.0938. The van der Waals surface area contributed by atoms with Crippen molar-refractivity contribution in [1.29, 1.82) is 0 Å². The number of halogens is 2. The Bertz CT molecular complexity index is 4740. The van der Waals surface area contributed by atoms with Crippen LogP contribution in [0.5, 0.6) is 0 Å². The molecule has 4 atom stereocenters. The van der Waals surface area contributed by atoms with Crippen molar-refractivity contribution in [3.05, 3.63) is 240 Å². The van der Waals surface area contributed by atoms with Crippen molar-refractivity contribution in [3.63, 3.8) is 0 Å². The highest BCUT2D eigenvalue weighted by Crippen LogP contribution is 2.32. The highest BCUT2D eigenvalue weighted by Gasteiger charge is 2.18. The summed E-state index contributed by atoms with van der Waals surface area (Å²) in [6, 6.07) is 60.3. The molecule has 12 rings (SSSR count). The first-order valence-corrected chi connectivity index (χ1v) is 35.4. The number of aromatic amines is 4. The number of carbonyl (C=O) groups excluding carboxylic acids is 4.